The first-order valence-electron chi connectivity index (χ1n) is 10.4. The summed E-state index contributed by atoms with van der Waals surface area (Å²) < 4.78 is 32.9. The van der Waals surface area contributed by atoms with Gasteiger partial charge in [-0.3, -0.25) is 0 Å². The Labute approximate surface area is 178 Å². The monoisotopic (exact) mass is 432 g/mol. The minimum atomic E-state index is -3.46. The van der Waals surface area contributed by atoms with Crippen LogP contribution in [0.4, 0.5) is 0 Å². The van der Waals surface area contributed by atoms with Crippen molar-refractivity contribution in [2.75, 3.05) is 0 Å². The lowest BCUT2D eigenvalue weighted by Crippen LogP contribution is -2.35. The molecule has 0 heterocycles. The molecule has 3 nitrogen and oxygen atoms in total. The van der Waals surface area contributed by atoms with Crippen LogP contribution in [-0.4, -0.2) is 28.1 Å². The van der Waals surface area contributed by atoms with Gasteiger partial charge in [0.2, 0.25) is 0 Å². The smallest absolute Gasteiger partial charge is 0.185 e. The van der Waals surface area contributed by atoms with Crippen molar-refractivity contribution in [3.63, 3.8) is 0 Å². The number of benzene rings is 1. The molecule has 1 aromatic carbocycles. The van der Waals surface area contributed by atoms with Crippen LogP contribution in [0, 0.1) is 5.92 Å². The third-order valence-corrected chi connectivity index (χ3v) is 8.28. The fraction of sp³-hybridized carbons (Fsp3) is 0.500. The SMILES string of the molecule is C=C(CC(C=C(C)C)S(=O)(=O)c1ccccc1)[C@H]1CC=C(C)[C@@H](O[Si](C)(C)C)C1. The van der Waals surface area contributed by atoms with Gasteiger partial charge in [-0.15, -0.1) is 0 Å². The third-order valence-electron chi connectivity index (χ3n) is 5.26. The number of hydrogen-bond donors (Lipinski definition) is 0. The van der Waals surface area contributed by atoms with Gasteiger partial charge in [-0.1, -0.05) is 48.1 Å². The molecule has 29 heavy (non-hydrogen) atoms. The molecular weight excluding hydrogens is 396 g/mol. The zero-order chi connectivity index (χ0) is 21.8. The normalized spacial score (nSPS) is 21.2. The first kappa shape index (κ1) is 23.8. The van der Waals surface area contributed by atoms with Crippen LogP contribution in [0.2, 0.25) is 19.6 Å². The van der Waals surface area contributed by atoms with Gasteiger partial charge in [-0.2, -0.15) is 0 Å². The van der Waals surface area contributed by atoms with Crippen LogP contribution in [0.15, 0.2) is 70.7 Å². The molecule has 0 saturated heterocycles. The molecule has 2 rings (SSSR count). The molecule has 1 aromatic rings. The van der Waals surface area contributed by atoms with Crippen molar-refractivity contribution in [3.8, 4) is 0 Å². The first-order chi connectivity index (χ1) is 13.4. The van der Waals surface area contributed by atoms with E-state index < -0.39 is 23.4 Å². The van der Waals surface area contributed by atoms with Crippen molar-refractivity contribution < 1.29 is 12.8 Å². The summed E-state index contributed by atoms with van der Waals surface area (Å²) in [5, 5.41) is -0.592. The molecule has 0 aromatic heterocycles. The van der Waals surface area contributed by atoms with E-state index in [-0.39, 0.29) is 12.0 Å². The second kappa shape index (κ2) is 9.58. The largest absolute Gasteiger partial charge is 0.411 e. The van der Waals surface area contributed by atoms with E-state index in [1.54, 1.807) is 24.3 Å². The van der Waals surface area contributed by atoms with Crippen molar-refractivity contribution in [1.82, 2.24) is 0 Å². The molecule has 0 radical (unpaired) electrons. The maximum absolute atomic E-state index is 13.3. The molecular formula is C24H36O3SSi. The predicted molar refractivity (Wildman–Crippen MR) is 125 cm³/mol. The van der Waals surface area contributed by atoms with Gasteiger partial charge in [0, 0.05) is 0 Å². The first-order valence-corrected chi connectivity index (χ1v) is 15.3. The average Bonchev–Trinajstić information content (AvgIpc) is 2.62. The van der Waals surface area contributed by atoms with Crippen LogP contribution >= 0.6 is 0 Å². The van der Waals surface area contributed by atoms with Crippen LogP contribution < -0.4 is 0 Å². The summed E-state index contributed by atoms with van der Waals surface area (Å²) in [6, 6.07) is 8.73. The molecule has 1 aliphatic carbocycles. The van der Waals surface area contributed by atoms with Crippen molar-refractivity contribution in [2.24, 2.45) is 5.92 Å². The van der Waals surface area contributed by atoms with Crippen LogP contribution in [0.1, 0.15) is 40.0 Å². The topological polar surface area (TPSA) is 43.4 Å². The summed E-state index contributed by atoms with van der Waals surface area (Å²) in [6.45, 7) is 17.0. The summed E-state index contributed by atoms with van der Waals surface area (Å²) in [6.07, 6.45) is 6.46. The molecule has 1 aliphatic rings. The molecule has 0 bridgehead atoms. The Morgan fingerprint density at radius 1 is 1.24 bits per heavy atom. The van der Waals surface area contributed by atoms with Crippen LogP contribution in [0.25, 0.3) is 0 Å². The van der Waals surface area contributed by atoms with E-state index in [0.29, 0.717) is 11.3 Å². The summed E-state index contributed by atoms with van der Waals surface area (Å²) in [5.74, 6) is 0.249. The third kappa shape index (κ3) is 6.80. The van der Waals surface area contributed by atoms with Gasteiger partial charge < -0.3 is 4.43 Å². The lowest BCUT2D eigenvalue weighted by Gasteiger charge is -2.34. The Hall–Kier alpha value is -1.43. The Balaban J connectivity index is 2.22. The van der Waals surface area contributed by atoms with E-state index in [4.69, 9.17) is 4.43 Å². The summed E-state index contributed by atoms with van der Waals surface area (Å²) in [7, 11) is -5.11. The lowest BCUT2D eigenvalue weighted by atomic mass is 9.82. The standard InChI is InChI=1S/C24H36O3SSi/c1-18(2)15-23(28(25,26)22-11-9-8-10-12-22)16-20(4)21-14-13-19(3)24(17-21)27-29(5,6)7/h8-13,15,21,23-24H,4,14,16-17H2,1-3,5-7H3/t21-,23?,24-/m0/s1. The molecule has 5 heteroatoms. The van der Waals surface area contributed by atoms with E-state index >= 15 is 0 Å². The number of sulfone groups is 1. The molecule has 0 amide bonds. The fourth-order valence-electron chi connectivity index (χ4n) is 3.74. The highest BCUT2D eigenvalue weighted by Gasteiger charge is 2.32. The maximum atomic E-state index is 13.3. The highest BCUT2D eigenvalue weighted by molar-refractivity contribution is 7.92. The van der Waals surface area contributed by atoms with Gasteiger partial charge in [0.15, 0.2) is 18.2 Å². The van der Waals surface area contributed by atoms with Crippen LogP contribution in [-0.2, 0) is 14.3 Å². The van der Waals surface area contributed by atoms with Gasteiger partial charge in [0.05, 0.1) is 16.2 Å². The Morgan fingerprint density at radius 3 is 2.41 bits per heavy atom. The average molecular weight is 433 g/mol. The summed E-state index contributed by atoms with van der Waals surface area (Å²) >= 11 is 0. The molecule has 0 spiro atoms. The van der Waals surface area contributed by atoms with Gasteiger partial charge >= 0.3 is 0 Å². The lowest BCUT2D eigenvalue weighted by molar-refractivity contribution is 0.191. The Bertz CT molecular complexity index is 872. The highest BCUT2D eigenvalue weighted by Crippen LogP contribution is 2.35. The molecule has 0 N–H and O–H groups in total. The molecule has 1 unspecified atom stereocenters. The quantitative estimate of drug-likeness (QED) is 0.357. The number of hydrogen-bond acceptors (Lipinski definition) is 3. The molecule has 0 aliphatic heterocycles. The van der Waals surface area contributed by atoms with Crippen molar-refractivity contribution >= 4 is 18.2 Å². The number of allylic oxidation sites excluding steroid dienone is 3. The Kier molecular flexibility index (Phi) is 7.88. The van der Waals surface area contributed by atoms with Crippen molar-refractivity contribution in [3.05, 3.63) is 65.8 Å². The molecule has 0 saturated carbocycles. The second-order valence-electron chi connectivity index (χ2n) is 9.34. The van der Waals surface area contributed by atoms with Gasteiger partial charge in [0.1, 0.15) is 0 Å². The minimum absolute atomic E-state index is 0.116. The second-order valence-corrected chi connectivity index (χ2v) is 16.0. The maximum Gasteiger partial charge on any atom is 0.185 e. The van der Waals surface area contributed by atoms with Gasteiger partial charge in [-0.25, -0.2) is 8.42 Å². The van der Waals surface area contributed by atoms with E-state index in [2.05, 4.69) is 39.2 Å². The van der Waals surface area contributed by atoms with Crippen LogP contribution in [0.3, 0.4) is 0 Å². The predicted octanol–water partition coefficient (Wildman–Crippen LogP) is 6.32. The number of rotatable bonds is 8. The molecule has 0 fully saturated rings. The minimum Gasteiger partial charge on any atom is -0.411 e. The van der Waals surface area contributed by atoms with E-state index in [1.807, 2.05) is 26.0 Å². The van der Waals surface area contributed by atoms with E-state index in [0.717, 1.165) is 24.0 Å². The van der Waals surface area contributed by atoms with E-state index in [1.165, 1.54) is 5.57 Å². The molecule has 160 valence electrons. The summed E-state index contributed by atoms with van der Waals surface area (Å²) in [5.41, 5.74) is 3.29. The van der Waals surface area contributed by atoms with E-state index in [9.17, 15) is 8.42 Å². The fourth-order valence-corrected chi connectivity index (χ4v) is 6.65. The van der Waals surface area contributed by atoms with Crippen LogP contribution in [0.5, 0.6) is 0 Å². The summed E-state index contributed by atoms with van der Waals surface area (Å²) in [4.78, 5) is 0.370. The zero-order valence-corrected chi connectivity index (χ0v) is 20.6. The Morgan fingerprint density at radius 2 is 1.86 bits per heavy atom. The van der Waals surface area contributed by atoms with Crippen molar-refractivity contribution in [2.45, 2.75) is 75.9 Å². The van der Waals surface area contributed by atoms with Crippen molar-refractivity contribution in [1.29, 1.82) is 0 Å². The van der Waals surface area contributed by atoms with Gasteiger partial charge in [-0.05, 0) is 83.3 Å². The van der Waals surface area contributed by atoms with Gasteiger partial charge in [0.25, 0.3) is 0 Å². The molecule has 3 atom stereocenters. The highest BCUT2D eigenvalue weighted by atomic mass is 32.2. The zero-order valence-electron chi connectivity index (χ0n) is 18.7.